The van der Waals surface area contributed by atoms with Gasteiger partial charge in [-0.2, -0.15) is 0 Å². The Morgan fingerprint density at radius 2 is 2.27 bits per heavy atom. The summed E-state index contributed by atoms with van der Waals surface area (Å²) in [5, 5.41) is 3.40. The summed E-state index contributed by atoms with van der Waals surface area (Å²) < 4.78 is 5.63. The fraction of sp³-hybridized carbons (Fsp3) is 1.00. The summed E-state index contributed by atoms with van der Waals surface area (Å²) >= 11 is 0. The summed E-state index contributed by atoms with van der Waals surface area (Å²) in [5.74, 6) is 0.793. The Morgan fingerprint density at radius 3 is 2.80 bits per heavy atom. The molecule has 1 saturated heterocycles. The van der Waals surface area contributed by atoms with Gasteiger partial charge in [0.05, 0.1) is 6.10 Å². The molecule has 0 aromatic carbocycles. The molecule has 0 spiro atoms. The molecule has 1 rings (SSSR count). The van der Waals surface area contributed by atoms with Crippen LogP contribution in [0.15, 0.2) is 0 Å². The fourth-order valence-corrected chi connectivity index (χ4v) is 2.63. The lowest BCUT2D eigenvalue weighted by molar-refractivity contribution is 0.100. The van der Waals surface area contributed by atoms with Crippen molar-refractivity contribution in [2.45, 2.75) is 64.5 Å². The molecule has 0 radical (unpaired) electrons. The highest BCUT2D eigenvalue weighted by molar-refractivity contribution is 4.71. The summed E-state index contributed by atoms with van der Waals surface area (Å²) in [7, 11) is 2.07. The molecule has 0 aromatic heterocycles. The topological polar surface area (TPSA) is 21.3 Å². The van der Waals surface area contributed by atoms with Crippen LogP contribution < -0.4 is 5.32 Å². The van der Waals surface area contributed by atoms with Gasteiger partial charge in [0.25, 0.3) is 0 Å². The van der Waals surface area contributed by atoms with E-state index in [0.717, 1.165) is 12.5 Å². The van der Waals surface area contributed by atoms with Gasteiger partial charge in [-0.1, -0.05) is 20.3 Å². The minimum absolute atomic E-state index is 0.576. The van der Waals surface area contributed by atoms with Gasteiger partial charge in [-0.05, 0) is 45.1 Å². The van der Waals surface area contributed by atoms with Crippen molar-refractivity contribution in [1.82, 2.24) is 5.32 Å². The second-order valence-corrected chi connectivity index (χ2v) is 4.85. The number of ether oxygens (including phenoxy) is 1. The molecule has 3 atom stereocenters. The van der Waals surface area contributed by atoms with E-state index in [-0.39, 0.29) is 0 Å². The van der Waals surface area contributed by atoms with E-state index in [1.54, 1.807) is 0 Å². The van der Waals surface area contributed by atoms with E-state index < -0.39 is 0 Å². The molecule has 0 amide bonds. The Labute approximate surface area is 94.8 Å². The Morgan fingerprint density at radius 1 is 1.47 bits per heavy atom. The molecule has 0 aliphatic carbocycles. The number of hydrogen-bond acceptors (Lipinski definition) is 2. The second kappa shape index (κ2) is 7.24. The molecule has 90 valence electrons. The van der Waals surface area contributed by atoms with E-state index in [1.165, 1.54) is 38.5 Å². The van der Waals surface area contributed by atoms with Crippen LogP contribution in [0, 0.1) is 5.92 Å². The monoisotopic (exact) mass is 213 g/mol. The molecule has 0 aromatic rings. The average Bonchev–Trinajstić information content (AvgIpc) is 2.72. The molecule has 0 saturated carbocycles. The SMILES string of the molecule is CCC(NC)C(C)CCCC1CCCO1. The first-order valence-corrected chi connectivity index (χ1v) is 6.56. The fourth-order valence-electron chi connectivity index (χ4n) is 2.63. The normalized spacial score (nSPS) is 25.4. The van der Waals surface area contributed by atoms with E-state index >= 15 is 0 Å². The van der Waals surface area contributed by atoms with E-state index in [4.69, 9.17) is 4.74 Å². The van der Waals surface area contributed by atoms with E-state index in [9.17, 15) is 0 Å². The Bertz CT molecular complexity index is 151. The zero-order valence-electron chi connectivity index (χ0n) is 10.6. The molecule has 15 heavy (non-hydrogen) atoms. The van der Waals surface area contributed by atoms with Crippen LogP contribution in [0.1, 0.15) is 52.4 Å². The van der Waals surface area contributed by atoms with Crippen molar-refractivity contribution in [3.8, 4) is 0 Å². The second-order valence-electron chi connectivity index (χ2n) is 4.85. The van der Waals surface area contributed by atoms with Crippen LogP contribution in [0.3, 0.4) is 0 Å². The lowest BCUT2D eigenvalue weighted by Gasteiger charge is -2.22. The van der Waals surface area contributed by atoms with Crippen LogP contribution in [-0.2, 0) is 4.74 Å². The summed E-state index contributed by atoms with van der Waals surface area (Å²) in [5.41, 5.74) is 0. The van der Waals surface area contributed by atoms with Crippen molar-refractivity contribution in [3.05, 3.63) is 0 Å². The van der Waals surface area contributed by atoms with Crippen LogP contribution in [-0.4, -0.2) is 25.8 Å². The van der Waals surface area contributed by atoms with Gasteiger partial charge in [0.15, 0.2) is 0 Å². The molecule has 0 bridgehead atoms. The van der Waals surface area contributed by atoms with Crippen molar-refractivity contribution >= 4 is 0 Å². The Balaban J connectivity index is 2.07. The predicted octanol–water partition coefficient (Wildman–Crippen LogP) is 2.97. The van der Waals surface area contributed by atoms with Gasteiger partial charge in [0.2, 0.25) is 0 Å². The molecule has 2 nitrogen and oxygen atoms in total. The summed E-state index contributed by atoms with van der Waals surface area (Å²) in [6, 6.07) is 0.689. The van der Waals surface area contributed by atoms with Gasteiger partial charge >= 0.3 is 0 Å². The van der Waals surface area contributed by atoms with Gasteiger partial charge in [-0.3, -0.25) is 0 Å². The predicted molar refractivity (Wildman–Crippen MR) is 65.1 cm³/mol. The maximum absolute atomic E-state index is 5.63. The van der Waals surface area contributed by atoms with Gasteiger partial charge in [0, 0.05) is 12.6 Å². The minimum Gasteiger partial charge on any atom is -0.378 e. The van der Waals surface area contributed by atoms with Gasteiger partial charge in [-0.25, -0.2) is 0 Å². The van der Waals surface area contributed by atoms with E-state index in [0.29, 0.717) is 12.1 Å². The molecule has 1 heterocycles. The zero-order chi connectivity index (χ0) is 11.1. The zero-order valence-corrected chi connectivity index (χ0v) is 10.6. The molecule has 1 N–H and O–H groups in total. The van der Waals surface area contributed by atoms with E-state index in [1.807, 2.05) is 0 Å². The van der Waals surface area contributed by atoms with Gasteiger partial charge in [0.1, 0.15) is 0 Å². The third-order valence-electron chi connectivity index (χ3n) is 3.71. The molecule has 1 fully saturated rings. The number of rotatable bonds is 7. The van der Waals surface area contributed by atoms with Gasteiger partial charge < -0.3 is 10.1 Å². The highest BCUT2D eigenvalue weighted by Crippen LogP contribution is 2.21. The maximum Gasteiger partial charge on any atom is 0.0576 e. The number of hydrogen-bond donors (Lipinski definition) is 1. The summed E-state index contributed by atoms with van der Waals surface area (Å²) in [4.78, 5) is 0. The third kappa shape index (κ3) is 4.52. The lowest BCUT2D eigenvalue weighted by atomic mass is 9.93. The highest BCUT2D eigenvalue weighted by Gasteiger charge is 2.17. The van der Waals surface area contributed by atoms with Crippen molar-refractivity contribution in [2.24, 2.45) is 5.92 Å². The molecule has 1 aliphatic rings. The van der Waals surface area contributed by atoms with Crippen molar-refractivity contribution in [3.63, 3.8) is 0 Å². The summed E-state index contributed by atoms with van der Waals surface area (Å²) in [6.07, 6.45) is 8.30. The first-order chi connectivity index (χ1) is 7.27. The molecular weight excluding hydrogens is 186 g/mol. The standard InChI is InChI=1S/C13H27NO/c1-4-13(14-3)11(2)7-5-8-12-9-6-10-15-12/h11-14H,4-10H2,1-3H3. The average molecular weight is 213 g/mol. The van der Waals surface area contributed by atoms with E-state index in [2.05, 4.69) is 26.2 Å². The van der Waals surface area contributed by atoms with Crippen LogP contribution in [0.2, 0.25) is 0 Å². The third-order valence-corrected chi connectivity index (χ3v) is 3.71. The molecule has 2 heteroatoms. The smallest absolute Gasteiger partial charge is 0.0576 e. The molecule has 1 aliphatic heterocycles. The lowest BCUT2D eigenvalue weighted by Crippen LogP contribution is -2.31. The highest BCUT2D eigenvalue weighted by atomic mass is 16.5. The Kier molecular flexibility index (Phi) is 6.26. The maximum atomic E-state index is 5.63. The van der Waals surface area contributed by atoms with Crippen LogP contribution in [0.5, 0.6) is 0 Å². The first kappa shape index (κ1) is 13.0. The molecular formula is C13H27NO. The first-order valence-electron chi connectivity index (χ1n) is 6.56. The summed E-state index contributed by atoms with van der Waals surface area (Å²) in [6.45, 7) is 5.62. The van der Waals surface area contributed by atoms with Crippen molar-refractivity contribution in [1.29, 1.82) is 0 Å². The van der Waals surface area contributed by atoms with Crippen LogP contribution in [0.25, 0.3) is 0 Å². The van der Waals surface area contributed by atoms with Gasteiger partial charge in [-0.15, -0.1) is 0 Å². The minimum atomic E-state index is 0.576. The quantitative estimate of drug-likeness (QED) is 0.702. The Hall–Kier alpha value is -0.0800. The number of nitrogens with one attached hydrogen (secondary N) is 1. The largest absolute Gasteiger partial charge is 0.378 e. The van der Waals surface area contributed by atoms with Crippen molar-refractivity contribution in [2.75, 3.05) is 13.7 Å². The van der Waals surface area contributed by atoms with Crippen molar-refractivity contribution < 1.29 is 4.74 Å². The molecule has 3 unspecified atom stereocenters. The van der Waals surface area contributed by atoms with Crippen LogP contribution >= 0.6 is 0 Å². The van der Waals surface area contributed by atoms with Crippen LogP contribution in [0.4, 0.5) is 0 Å².